The maximum atomic E-state index is 11.6. The molecule has 23 heavy (non-hydrogen) atoms. The molecule has 0 heterocycles. The van der Waals surface area contributed by atoms with Gasteiger partial charge in [-0.25, -0.2) is 4.79 Å². The van der Waals surface area contributed by atoms with E-state index >= 15 is 0 Å². The van der Waals surface area contributed by atoms with Crippen LogP contribution in [0.1, 0.15) is 24.2 Å². The fourth-order valence-corrected chi connectivity index (χ4v) is 2.18. The number of aryl methyl sites for hydroxylation is 1. The van der Waals surface area contributed by atoms with Crippen molar-refractivity contribution in [2.75, 3.05) is 18.5 Å². The molecular formula is C18H22N2O3. The van der Waals surface area contributed by atoms with Gasteiger partial charge in [-0.15, -0.1) is 0 Å². The molecule has 0 spiro atoms. The highest BCUT2D eigenvalue weighted by atomic mass is 16.5. The molecule has 1 atom stereocenters. The molecular weight excluding hydrogens is 292 g/mol. The number of nitrogens with one attached hydrogen (secondary N) is 2. The van der Waals surface area contributed by atoms with Crippen molar-refractivity contribution in [2.24, 2.45) is 0 Å². The third-order valence-electron chi connectivity index (χ3n) is 3.43. The Balaban J connectivity index is 2.00. The van der Waals surface area contributed by atoms with E-state index < -0.39 is 0 Å². The van der Waals surface area contributed by atoms with Crippen molar-refractivity contribution in [3.8, 4) is 5.75 Å². The van der Waals surface area contributed by atoms with Gasteiger partial charge in [0.25, 0.3) is 0 Å². The van der Waals surface area contributed by atoms with E-state index in [1.807, 2.05) is 56.3 Å². The van der Waals surface area contributed by atoms with Crippen molar-refractivity contribution >= 4 is 11.7 Å². The third-order valence-corrected chi connectivity index (χ3v) is 3.43. The van der Waals surface area contributed by atoms with Gasteiger partial charge in [0.15, 0.2) is 0 Å². The number of hydrogen-bond acceptors (Lipinski definition) is 3. The van der Waals surface area contributed by atoms with Crippen LogP contribution in [-0.2, 0) is 0 Å². The van der Waals surface area contributed by atoms with Crippen LogP contribution in [-0.4, -0.2) is 24.3 Å². The molecule has 0 radical (unpaired) electrons. The summed E-state index contributed by atoms with van der Waals surface area (Å²) in [5, 5.41) is 14.0. The number of ether oxygens (including phenoxy) is 1. The number of amides is 2. The van der Waals surface area contributed by atoms with Gasteiger partial charge in [0.05, 0.1) is 6.61 Å². The lowest BCUT2D eigenvalue weighted by atomic mass is 10.1. The second-order valence-corrected chi connectivity index (χ2v) is 5.25. The molecule has 0 saturated carbocycles. The normalized spacial score (nSPS) is 11.6. The van der Waals surface area contributed by atoms with Crippen LogP contribution in [0.2, 0.25) is 0 Å². The molecule has 0 fully saturated rings. The Labute approximate surface area is 136 Å². The zero-order valence-corrected chi connectivity index (χ0v) is 13.4. The first kappa shape index (κ1) is 16.8. The summed E-state index contributed by atoms with van der Waals surface area (Å²) in [5.74, 6) is 0.750. The molecule has 5 heteroatoms. The van der Waals surface area contributed by atoms with E-state index in [1.54, 1.807) is 6.07 Å². The largest absolute Gasteiger partial charge is 0.486 e. The molecule has 2 aromatic carbocycles. The molecule has 0 aliphatic heterocycles. The van der Waals surface area contributed by atoms with Crippen molar-refractivity contribution < 1.29 is 14.6 Å². The number of aliphatic hydroxyl groups is 1. The molecule has 0 aliphatic carbocycles. The summed E-state index contributed by atoms with van der Waals surface area (Å²) in [6.45, 7) is 4.04. The topological polar surface area (TPSA) is 70.6 Å². The maximum absolute atomic E-state index is 11.6. The Morgan fingerprint density at radius 3 is 2.61 bits per heavy atom. The van der Waals surface area contributed by atoms with Crippen LogP contribution in [0.5, 0.6) is 5.75 Å². The molecule has 5 nitrogen and oxygen atoms in total. The van der Waals surface area contributed by atoms with Crippen LogP contribution in [0.25, 0.3) is 0 Å². The molecule has 0 aromatic heterocycles. The van der Waals surface area contributed by atoms with E-state index in [1.165, 1.54) is 0 Å². The van der Waals surface area contributed by atoms with Gasteiger partial charge < -0.3 is 20.5 Å². The smallest absolute Gasteiger partial charge is 0.319 e. The van der Waals surface area contributed by atoms with Gasteiger partial charge in [0.2, 0.25) is 0 Å². The summed E-state index contributed by atoms with van der Waals surface area (Å²) >= 11 is 0. The van der Waals surface area contributed by atoms with Gasteiger partial charge in [-0.1, -0.05) is 30.3 Å². The van der Waals surface area contributed by atoms with Crippen LogP contribution < -0.4 is 15.4 Å². The Bertz CT molecular complexity index is 644. The minimum atomic E-state index is -0.339. The van der Waals surface area contributed by atoms with E-state index in [0.717, 1.165) is 16.9 Å². The van der Waals surface area contributed by atoms with Gasteiger partial charge in [-0.3, -0.25) is 0 Å². The molecule has 0 saturated heterocycles. The predicted molar refractivity (Wildman–Crippen MR) is 90.8 cm³/mol. The van der Waals surface area contributed by atoms with Crippen molar-refractivity contribution in [2.45, 2.75) is 20.0 Å². The van der Waals surface area contributed by atoms with Gasteiger partial charge in [-0.2, -0.15) is 0 Å². The first-order chi connectivity index (χ1) is 11.1. The fraction of sp³-hybridized carbons (Fsp3) is 0.278. The minimum Gasteiger partial charge on any atom is -0.486 e. The highest BCUT2D eigenvalue weighted by Crippen LogP contribution is 2.26. The average molecular weight is 314 g/mol. The Morgan fingerprint density at radius 1 is 1.22 bits per heavy atom. The number of hydrogen-bond donors (Lipinski definition) is 3. The molecule has 0 bridgehead atoms. The molecule has 1 unspecified atom stereocenters. The van der Waals surface area contributed by atoms with Gasteiger partial charge in [0.1, 0.15) is 11.9 Å². The second kappa shape index (κ2) is 8.19. The van der Waals surface area contributed by atoms with E-state index in [2.05, 4.69) is 10.6 Å². The number of carbonyl (C=O) groups excluding carboxylic acids is 1. The monoisotopic (exact) mass is 314 g/mol. The average Bonchev–Trinajstić information content (AvgIpc) is 2.56. The summed E-state index contributed by atoms with van der Waals surface area (Å²) in [7, 11) is 0. The Morgan fingerprint density at radius 2 is 1.96 bits per heavy atom. The molecule has 122 valence electrons. The van der Waals surface area contributed by atoms with Crippen molar-refractivity contribution in [1.29, 1.82) is 0 Å². The lowest BCUT2D eigenvalue weighted by molar-refractivity contribution is 0.227. The fourth-order valence-electron chi connectivity index (χ4n) is 2.18. The van der Waals surface area contributed by atoms with Crippen molar-refractivity contribution in [3.63, 3.8) is 0 Å². The number of anilines is 1. The van der Waals surface area contributed by atoms with E-state index in [4.69, 9.17) is 9.84 Å². The number of benzene rings is 2. The lowest BCUT2D eigenvalue weighted by Gasteiger charge is -2.16. The van der Waals surface area contributed by atoms with Crippen molar-refractivity contribution in [3.05, 3.63) is 59.7 Å². The van der Waals surface area contributed by atoms with E-state index in [9.17, 15) is 4.79 Å². The molecule has 2 amide bonds. The quantitative estimate of drug-likeness (QED) is 0.766. The van der Waals surface area contributed by atoms with Crippen molar-refractivity contribution in [1.82, 2.24) is 5.32 Å². The summed E-state index contributed by atoms with van der Waals surface area (Å²) in [5.41, 5.74) is 2.72. The zero-order chi connectivity index (χ0) is 16.7. The number of rotatable bonds is 6. The minimum absolute atomic E-state index is 0.0535. The van der Waals surface area contributed by atoms with Gasteiger partial charge in [-0.05, 0) is 43.2 Å². The zero-order valence-electron chi connectivity index (χ0n) is 13.4. The standard InChI is InChI=1S/C18H22N2O3/c1-13-12-16(23-14(2)15-6-4-3-5-7-15)8-9-17(13)20-18(22)19-10-11-21/h3-9,12,14,21H,10-11H2,1-2H3,(H2,19,20,22). The Kier molecular flexibility index (Phi) is 6.00. The number of aliphatic hydroxyl groups excluding tert-OH is 1. The van der Waals surface area contributed by atoms with E-state index in [0.29, 0.717) is 5.69 Å². The predicted octanol–water partition coefficient (Wildman–Crippen LogP) is 3.25. The van der Waals surface area contributed by atoms with Crippen LogP contribution in [0.15, 0.2) is 48.5 Å². The first-order valence-corrected chi connectivity index (χ1v) is 7.58. The van der Waals surface area contributed by atoms with Gasteiger partial charge >= 0.3 is 6.03 Å². The van der Waals surface area contributed by atoms with Crippen LogP contribution >= 0.6 is 0 Å². The van der Waals surface area contributed by atoms with Crippen LogP contribution in [0.3, 0.4) is 0 Å². The first-order valence-electron chi connectivity index (χ1n) is 7.58. The van der Waals surface area contributed by atoms with Gasteiger partial charge in [0, 0.05) is 12.2 Å². The lowest BCUT2D eigenvalue weighted by Crippen LogP contribution is -2.31. The summed E-state index contributed by atoms with van der Waals surface area (Å²) in [4.78, 5) is 11.6. The highest BCUT2D eigenvalue weighted by Gasteiger charge is 2.09. The highest BCUT2D eigenvalue weighted by molar-refractivity contribution is 5.90. The number of carbonyl (C=O) groups is 1. The molecule has 2 rings (SSSR count). The van der Waals surface area contributed by atoms with E-state index in [-0.39, 0.29) is 25.3 Å². The molecule has 0 aliphatic rings. The maximum Gasteiger partial charge on any atom is 0.319 e. The summed E-state index contributed by atoms with van der Waals surface area (Å²) in [6.07, 6.45) is -0.0535. The summed E-state index contributed by atoms with van der Waals surface area (Å²) in [6, 6.07) is 15.2. The van der Waals surface area contributed by atoms with Crippen LogP contribution in [0, 0.1) is 6.92 Å². The van der Waals surface area contributed by atoms with Crippen LogP contribution in [0.4, 0.5) is 10.5 Å². The number of urea groups is 1. The third kappa shape index (κ3) is 5.00. The summed E-state index contributed by atoms with van der Waals surface area (Å²) < 4.78 is 5.94. The SMILES string of the molecule is Cc1cc(OC(C)c2ccccc2)ccc1NC(=O)NCCO. The molecule has 2 aromatic rings. The second-order valence-electron chi connectivity index (χ2n) is 5.25. The Hall–Kier alpha value is -2.53. The molecule has 3 N–H and O–H groups in total.